The zero-order valence-corrected chi connectivity index (χ0v) is 10.9. The van der Waals surface area contributed by atoms with Crippen LogP contribution in [0.5, 0.6) is 0 Å². The van der Waals surface area contributed by atoms with Crippen molar-refractivity contribution in [2.24, 2.45) is 5.41 Å². The molecule has 0 aliphatic rings. The number of rotatable bonds is 5. The molecule has 0 spiro atoms. The third kappa shape index (κ3) is 6.32. The van der Waals surface area contributed by atoms with E-state index >= 15 is 0 Å². The molecule has 1 aromatic rings. The predicted molar refractivity (Wildman–Crippen MR) is 66.5 cm³/mol. The minimum absolute atomic E-state index is 0.101. The van der Waals surface area contributed by atoms with Crippen LogP contribution in [-0.4, -0.2) is 5.97 Å². The molecule has 0 saturated carbocycles. The Morgan fingerprint density at radius 3 is 2.44 bits per heavy atom. The van der Waals surface area contributed by atoms with Crippen LogP contribution in [0.2, 0.25) is 0 Å². The molecule has 0 aliphatic heterocycles. The van der Waals surface area contributed by atoms with E-state index in [1.165, 1.54) is 12.1 Å². The van der Waals surface area contributed by atoms with Crippen molar-refractivity contribution in [2.75, 3.05) is 0 Å². The molecule has 5 heteroatoms. The molecular formula is C13H19FN2O2. The van der Waals surface area contributed by atoms with E-state index in [0.717, 1.165) is 5.56 Å². The average Bonchev–Trinajstić information content (AvgIpc) is 2.24. The molecule has 0 unspecified atom stereocenters. The Labute approximate surface area is 106 Å². The molecule has 4 nitrogen and oxygen atoms in total. The van der Waals surface area contributed by atoms with Crippen molar-refractivity contribution in [2.45, 2.75) is 33.7 Å². The van der Waals surface area contributed by atoms with Gasteiger partial charge in [0.2, 0.25) is 0 Å². The highest BCUT2D eigenvalue weighted by Crippen LogP contribution is 2.18. The third-order valence-electron chi connectivity index (χ3n) is 2.12. The van der Waals surface area contributed by atoms with Crippen LogP contribution in [0.25, 0.3) is 0 Å². The molecule has 0 radical (unpaired) electrons. The molecule has 0 aliphatic carbocycles. The Morgan fingerprint density at radius 2 is 1.89 bits per heavy atom. The van der Waals surface area contributed by atoms with Crippen LogP contribution in [0.4, 0.5) is 4.39 Å². The second-order valence-corrected chi connectivity index (χ2v) is 5.29. The molecule has 2 N–H and O–H groups in total. The summed E-state index contributed by atoms with van der Waals surface area (Å²) in [6.45, 7) is 6.31. The third-order valence-corrected chi connectivity index (χ3v) is 2.12. The highest BCUT2D eigenvalue weighted by atomic mass is 19.1. The lowest BCUT2D eigenvalue weighted by Crippen LogP contribution is -2.34. The van der Waals surface area contributed by atoms with Crippen molar-refractivity contribution in [3.05, 3.63) is 35.6 Å². The summed E-state index contributed by atoms with van der Waals surface area (Å²) < 4.78 is 12.6. The van der Waals surface area contributed by atoms with Gasteiger partial charge in [-0.3, -0.25) is 4.79 Å². The number of benzene rings is 1. The van der Waals surface area contributed by atoms with Gasteiger partial charge in [0.05, 0.1) is 6.42 Å². The summed E-state index contributed by atoms with van der Waals surface area (Å²) in [5.74, 6) is -0.600. The van der Waals surface area contributed by atoms with Crippen LogP contribution in [0.1, 0.15) is 32.8 Å². The predicted octanol–water partition coefficient (Wildman–Crippen LogP) is 2.31. The Morgan fingerprint density at radius 1 is 1.28 bits per heavy atom. The molecule has 0 atom stereocenters. The molecule has 0 fully saturated rings. The van der Waals surface area contributed by atoms with Crippen LogP contribution in [0.15, 0.2) is 24.3 Å². The van der Waals surface area contributed by atoms with Crippen molar-refractivity contribution >= 4 is 5.97 Å². The van der Waals surface area contributed by atoms with E-state index < -0.39 is 0 Å². The van der Waals surface area contributed by atoms with Gasteiger partial charge >= 0.3 is 5.97 Å². The van der Waals surface area contributed by atoms with Gasteiger partial charge in [-0.2, -0.15) is 0 Å². The quantitative estimate of drug-likeness (QED) is 0.625. The molecule has 100 valence electrons. The minimum Gasteiger partial charge on any atom is -0.356 e. The Hall–Kier alpha value is -1.46. The van der Waals surface area contributed by atoms with E-state index in [4.69, 9.17) is 4.84 Å². The fraction of sp³-hybridized carbons (Fsp3) is 0.462. The lowest BCUT2D eigenvalue weighted by molar-refractivity contribution is -0.156. The summed E-state index contributed by atoms with van der Waals surface area (Å²) in [6, 6.07) is 6.06. The van der Waals surface area contributed by atoms with Crippen LogP contribution in [0.3, 0.4) is 0 Å². The molecule has 0 heterocycles. The van der Waals surface area contributed by atoms with E-state index in [-0.39, 0.29) is 17.2 Å². The SMILES string of the molecule is CC(C)(C)CC(=O)ONNCc1ccc(F)cc1. The zero-order valence-electron chi connectivity index (χ0n) is 10.9. The van der Waals surface area contributed by atoms with Crippen LogP contribution in [-0.2, 0) is 16.2 Å². The Bertz CT molecular complexity index is 385. The summed E-state index contributed by atoms with van der Waals surface area (Å²) in [7, 11) is 0. The number of hydrogen-bond donors (Lipinski definition) is 2. The maximum atomic E-state index is 12.6. The molecule has 0 amide bonds. The van der Waals surface area contributed by atoms with Gasteiger partial charge in [0, 0.05) is 6.54 Å². The molecule has 0 saturated heterocycles. The van der Waals surface area contributed by atoms with Crippen LogP contribution in [0, 0.1) is 11.2 Å². The first kappa shape index (κ1) is 14.6. The van der Waals surface area contributed by atoms with Gasteiger partial charge in [-0.15, -0.1) is 0 Å². The first-order chi connectivity index (χ1) is 8.37. The van der Waals surface area contributed by atoms with Gasteiger partial charge in [0.15, 0.2) is 0 Å². The molecule has 0 aromatic heterocycles. The van der Waals surface area contributed by atoms with Crippen LogP contribution >= 0.6 is 0 Å². The molecule has 1 rings (SSSR count). The Kier molecular flexibility index (Phi) is 5.25. The number of carbonyl (C=O) groups excluding carboxylic acids is 1. The lowest BCUT2D eigenvalue weighted by Gasteiger charge is -2.16. The first-order valence-corrected chi connectivity index (χ1v) is 5.79. The summed E-state index contributed by atoms with van der Waals surface area (Å²) >= 11 is 0. The smallest absolute Gasteiger partial charge is 0.327 e. The van der Waals surface area contributed by atoms with Crippen molar-refractivity contribution in [3.63, 3.8) is 0 Å². The summed E-state index contributed by atoms with van der Waals surface area (Å²) in [4.78, 5) is 16.1. The topological polar surface area (TPSA) is 50.4 Å². The second kappa shape index (κ2) is 6.47. The number of hydrogen-bond acceptors (Lipinski definition) is 4. The lowest BCUT2D eigenvalue weighted by atomic mass is 9.93. The average molecular weight is 254 g/mol. The Balaban J connectivity index is 2.19. The van der Waals surface area contributed by atoms with Crippen LogP contribution < -0.4 is 11.0 Å². The molecule has 1 aromatic carbocycles. The van der Waals surface area contributed by atoms with Gasteiger partial charge < -0.3 is 4.84 Å². The van der Waals surface area contributed by atoms with Gasteiger partial charge in [-0.05, 0) is 23.1 Å². The number of nitrogens with one attached hydrogen (secondary N) is 2. The zero-order chi connectivity index (χ0) is 13.6. The first-order valence-electron chi connectivity index (χ1n) is 5.79. The number of carbonyl (C=O) groups is 1. The molecule has 18 heavy (non-hydrogen) atoms. The van der Waals surface area contributed by atoms with Gasteiger partial charge in [0.1, 0.15) is 5.82 Å². The summed E-state index contributed by atoms with van der Waals surface area (Å²) in [6.07, 6.45) is 0.332. The van der Waals surface area contributed by atoms with E-state index in [2.05, 4.69) is 11.0 Å². The van der Waals surface area contributed by atoms with Crippen molar-refractivity contribution in [1.82, 2.24) is 11.0 Å². The second-order valence-electron chi connectivity index (χ2n) is 5.29. The highest BCUT2D eigenvalue weighted by Gasteiger charge is 2.16. The standard InChI is InChI=1S/C13H19FN2O2/c1-13(2,3)8-12(17)18-16-15-9-10-4-6-11(14)7-5-10/h4-7,15-16H,8-9H2,1-3H3. The molecule has 0 bridgehead atoms. The van der Waals surface area contributed by atoms with E-state index in [9.17, 15) is 9.18 Å². The summed E-state index contributed by atoms with van der Waals surface area (Å²) in [5, 5.41) is 0. The highest BCUT2D eigenvalue weighted by molar-refractivity contribution is 5.69. The van der Waals surface area contributed by atoms with Crippen molar-refractivity contribution in [3.8, 4) is 0 Å². The van der Waals surface area contributed by atoms with E-state index in [1.807, 2.05) is 20.8 Å². The largest absolute Gasteiger partial charge is 0.356 e. The maximum Gasteiger partial charge on any atom is 0.327 e. The normalized spacial score (nSPS) is 11.3. The minimum atomic E-state index is -0.325. The monoisotopic (exact) mass is 254 g/mol. The van der Waals surface area contributed by atoms with E-state index in [1.54, 1.807) is 12.1 Å². The summed E-state index contributed by atoms with van der Waals surface area (Å²) in [5.41, 5.74) is 5.88. The van der Waals surface area contributed by atoms with Crippen molar-refractivity contribution < 1.29 is 14.0 Å². The van der Waals surface area contributed by atoms with Crippen molar-refractivity contribution in [1.29, 1.82) is 0 Å². The fourth-order valence-electron chi connectivity index (χ4n) is 1.30. The number of halogens is 1. The van der Waals surface area contributed by atoms with Gasteiger partial charge in [-0.1, -0.05) is 38.5 Å². The maximum absolute atomic E-state index is 12.6. The fourth-order valence-corrected chi connectivity index (χ4v) is 1.30. The number of hydrazine groups is 1. The van der Waals surface area contributed by atoms with Gasteiger partial charge in [-0.25, -0.2) is 9.82 Å². The van der Waals surface area contributed by atoms with Gasteiger partial charge in [0.25, 0.3) is 0 Å². The molecular weight excluding hydrogens is 235 g/mol. The van der Waals surface area contributed by atoms with E-state index in [0.29, 0.717) is 13.0 Å².